The molecular weight excluding hydrogens is 340 g/mol. The number of nitrogens with zero attached hydrogens (tertiary/aromatic N) is 1. The van der Waals surface area contributed by atoms with Crippen LogP contribution >= 0.6 is 0 Å². The van der Waals surface area contributed by atoms with E-state index in [2.05, 4.69) is 11.9 Å². The van der Waals surface area contributed by atoms with Crippen molar-refractivity contribution in [3.05, 3.63) is 24.3 Å². The Kier molecular flexibility index (Phi) is 8.84. The lowest BCUT2D eigenvalue weighted by atomic mass is 10.1. The molecule has 0 bridgehead atoms. The summed E-state index contributed by atoms with van der Waals surface area (Å²) < 4.78 is 15.5. The van der Waals surface area contributed by atoms with E-state index in [0.29, 0.717) is 18.6 Å². The van der Waals surface area contributed by atoms with Crippen molar-refractivity contribution in [3.63, 3.8) is 0 Å². The summed E-state index contributed by atoms with van der Waals surface area (Å²) in [6.07, 6.45) is 2.51. The first-order valence-corrected chi connectivity index (χ1v) is 8.65. The number of rotatable bonds is 9. The van der Waals surface area contributed by atoms with Gasteiger partial charge in [-0.05, 0) is 25.8 Å². The highest BCUT2D eigenvalue weighted by atomic mass is 16.7. The van der Waals surface area contributed by atoms with Crippen LogP contribution in [0.2, 0.25) is 0 Å². The Morgan fingerprint density at radius 1 is 1.46 bits per heavy atom. The number of esters is 1. The van der Waals surface area contributed by atoms with Gasteiger partial charge in [0.15, 0.2) is 0 Å². The maximum atomic E-state index is 12.6. The highest BCUT2D eigenvalue weighted by Crippen LogP contribution is 2.17. The summed E-state index contributed by atoms with van der Waals surface area (Å²) in [5.74, 6) is -0.829. The molecule has 26 heavy (non-hydrogen) atoms. The van der Waals surface area contributed by atoms with E-state index < -0.39 is 36.3 Å². The first-order valence-electron chi connectivity index (χ1n) is 8.65. The number of ether oxygens (including phenoxy) is 3. The monoisotopic (exact) mass is 368 g/mol. The molecule has 0 aliphatic carbocycles. The number of nitrogens with one attached hydrogen (secondary N) is 1. The van der Waals surface area contributed by atoms with E-state index in [4.69, 9.17) is 14.2 Å². The molecule has 8 heteroatoms. The largest absolute Gasteiger partial charge is 0.445 e. The second-order valence-electron chi connectivity index (χ2n) is 5.88. The Balaban J connectivity index is 2.64. The molecule has 0 saturated carbocycles. The third-order valence-corrected chi connectivity index (χ3v) is 3.85. The van der Waals surface area contributed by atoms with E-state index in [0.717, 1.165) is 0 Å². The third-order valence-electron chi connectivity index (χ3n) is 3.85. The number of hydrogen-bond donors (Lipinski definition) is 1. The maximum absolute atomic E-state index is 12.6. The molecule has 0 spiro atoms. The quantitative estimate of drug-likeness (QED) is 0.492. The zero-order valence-electron chi connectivity index (χ0n) is 15.8. The van der Waals surface area contributed by atoms with Gasteiger partial charge in [-0.1, -0.05) is 25.7 Å². The van der Waals surface area contributed by atoms with Crippen molar-refractivity contribution in [1.82, 2.24) is 10.2 Å². The van der Waals surface area contributed by atoms with Gasteiger partial charge < -0.3 is 19.5 Å². The first-order chi connectivity index (χ1) is 12.3. The van der Waals surface area contributed by atoms with Crippen molar-refractivity contribution < 1.29 is 28.6 Å². The highest BCUT2D eigenvalue weighted by Gasteiger charge is 2.38. The van der Waals surface area contributed by atoms with Crippen LogP contribution < -0.4 is 5.32 Å². The van der Waals surface area contributed by atoms with Crippen molar-refractivity contribution in [2.24, 2.45) is 0 Å². The fourth-order valence-corrected chi connectivity index (χ4v) is 2.55. The minimum atomic E-state index is -0.810. The highest BCUT2D eigenvalue weighted by molar-refractivity contribution is 5.86. The number of likely N-dealkylation sites (N-methyl/N-ethyl adjacent to an activating group) is 1. The molecule has 1 aliphatic rings. The number of allylic oxidation sites excluding steroid dienone is 1. The van der Waals surface area contributed by atoms with Gasteiger partial charge in [0, 0.05) is 13.7 Å². The average molecular weight is 368 g/mol. The number of cyclic esters (lactones) is 1. The van der Waals surface area contributed by atoms with Gasteiger partial charge in [-0.15, -0.1) is 0 Å². The molecule has 1 saturated heterocycles. The van der Waals surface area contributed by atoms with E-state index >= 15 is 0 Å². The van der Waals surface area contributed by atoms with Crippen LogP contribution in [0, 0.1) is 0 Å². The molecule has 1 aliphatic heterocycles. The fourth-order valence-electron chi connectivity index (χ4n) is 2.55. The standard InChI is InChI=1S/C18H28N2O6/c1-6-9-12(4)11-25-18(23)20(5)14(7-2)16(22)19-13-10-15(21)26-17(13)24-8-3/h6,9,13-14,17H,4,7-8,10-11H2,1-3,5H3,(H,19,22)/b9-6-/t13?,14-,17+/m0/s1. The van der Waals surface area contributed by atoms with Gasteiger partial charge in [-0.3, -0.25) is 14.5 Å². The van der Waals surface area contributed by atoms with Crippen molar-refractivity contribution in [1.29, 1.82) is 0 Å². The lowest BCUT2D eigenvalue weighted by Gasteiger charge is -2.27. The summed E-state index contributed by atoms with van der Waals surface area (Å²) in [6.45, 7) is 9.54. The molecule has 1 rings (SSSR count). The van der Waals surface area contributed by atoms with E-state index in [1.165, 1.54) is 11.9 Å². The van der Waals surface area contributed by atoms with Crippen LogP contribution in [0.4, 0.5) is 4.79 Å². The lowest BCUT2D eigenvalue weighted by Crippen LogP contribution is -2.52. The number of amides is 2. The number of carbonyl (C=O) groups excluding carboxylic acids is 3. The van der Waals surface area contributed by atoms with Gasteiger partial charge in [0.25, 0.3) is 0 Å². The van der Waals surface area contributed by atoms with Crippen LogP contribution in [0.3, 0.4) is 0 Å². The summed E-state index contributed by atoms with van der Waals surface area (Å²) in [6, 6.07) is -1.32. The zero-order chi connectivity index (χ0) is 19.7. The minimum absolute atomic E-state index is 0.0319. The van der Waals surface area contributed by atoms with Crippen LogP contribution in [0.25, 0.3) is 0 Å². The molecular formula is C18H28N2O6. The van der Waals surface area contributed by atoms with E-state index in [1.54, 1.807) is 26.0 Å². The Bertz CT molecular complexity index is 560. The molecule has 146 valence electrons. The fraction of sp³-hybridized carbons (Fsp3) is 0.611. The Labute approximate surface area is 154 Å². The Morgan fingerprint density at radius 3 is 2.73 bits per heavy atom. The van der Waals surface area contributed by atoms with Crippen LogP contribution in [-0.4, -0.2) is 61.5 Å². The summed E-state index contributed by atoms with van der Waals surface area (Å²) in [4.78, 5) is 37.4. The summed E-state index contributed by atoms with van der Waals surface area (Å²) >= 11 is 0. The first kappa shape index (κ1) is 21.7. The van der Waals surface area contributed by atoms with Crippen molar-refractivity contribution in [2.75, 3.05) is 20.3 Å². The minimum Gasteiger partial charge on any atom is -0.445 e. The van der Waals surface area contributed by atoms with E-state index in [-0.39, 0.29) is 13.0 Å². The van der Waals surface area contributed by atoms with Crippen LogP contribution in [0.1, 0.15) is 33.6 Å². The van der Waals surface area contributed by atoms with Crippen LogP contribution in [0.5, 0.6) is 0 Å². The SMILES string of the molecule is C=C(/C=C\C)COC(=O)N(C)[C@@H](CC)C(=O)NC1CC(=O)O[C@H]1OCC. The van der Waals surface area contributed by atoms with Gasteiger partial charge in [0.05, 0.1) is 6.42 Å². The molecule has 0 aromatic rings. The smallest absolute Gasteiger partial charge is 0.410 e. The second kappa shape index (κ2) is 10.6. The van der Waals surface area contributed by atoms with Gasteiger partial charge in [-0.2, -0.15) is 0 Å². The molecule has 3 atom stereocenters. The molecule has 8 nitrogen and oxygen atoms in total. The van der Waals surface area contributed by atoms with E-state index in [9.17, 15) is 14.4 Å². The van der Waals surface area contributed by atoms with Gasteiger partial charge in [0.2, 0.25) is 12.2 Å². The Hall–Kier alpha value is -2.35. The molecule has 1 N–H and O–H groups in total. The van der Waals surface area contributed by atoms with Crippen molar-refractivity contribution in [2.45, 2.75) is 52.0 Å². The number of carbonyl (C=O) groups is 3. The average Bonchev–Trinajstić information content (AvgIpc) is 2.93. The van der Waals surface area contributed by atoms with Gasteiger partial charge in [0.1, 0.15) is 18.7 Å². The summed E-state index contributed by atoms with van der Waals surface area (Å²) in [7, 11) is 1.49. The van der Waals surface area contributed by atoms with Crippen LogP contribution in [0.15, 0.2) is 24.3 Å². The Morgan fingerprint density at radius 2 is 2.15 bits per heavy atom. The van der Waals surface area contributed by atoms with Crippen LogP contribution in [-0.2, 0) is 23.8 Å². The molecule has 0 radical (unpaired) electrons. The number of hydrogen-bond acceptors (Lipinski definition) is 6. The normalized spacial score (nSPS) is 20.5. The van der Waals surface area contributed by atoms with Gasteiger partial charge >= 0.3 is 12.1 Å². The summed E-state index contributed by atoms with van der Waals surface area (Å²) in [5.41, 5.74) is 0.646. The third kappa shape index (κ3) is 6.18. The zero-order valence-corrected chi connectivity index (χ0v) is 15.8. The van der Waals surface area contributed by atoms with E-state index in [1.807, 2.05) is 6.92 Å². The van der Waals surface area contributed by atoms with Crippen molar-refractivity contribution in [3.8, 4) is 0 Å². The molecule has 2 amide bonds. The maximum Gasteiger partial charge on any atom is 0.410 e. The molecule has 1 unspecified atom stereocenters. The lowest BCUT2D eigenvalue weighted by molar-refractivity contribution is -0.164. The van der Waals surface area contributed by atoms with Crippen molar-refractivity contribution >= 4 is 18.0 Å². The molecule has 0 aromatic heterocycles. The summed E-state index contributed by atoms with van der Waals surface area (Å²) in [5, 5.41) is 2.73. The predicted octanol–water partition coefficient (Wildman–Crippen LogP) is 1.76. The predicted molar refractivity (Wildman–Crippen MR) is 95.2 cm³/mol. The molecule has 0 aromatic carbocycles. The topological polar surface area (TPSA) is 94.2 Å². The molecule has 1 heterocycles. The second-order valence-corrected chi connectivity index (χ2v) is 5.88. The molecule has 1 fully saturated rings. The van der Waals surface area contributed by atoms with Gasteiger partial charge in [-0.25, -0.2) is 4.79 Å².